The molecule has 1 saturated heterocycles. The van der Waals surface area contributed by atoms with E-state index in [0.29, 0.717) is 30.2 Å². The second kappa shape index (κ2) is 7.68. The van der Waals surface area contributed by atoms with Crippen LogP contribution < -0.4 is 5.73 Å². The number of aliphatic imine (C=N–C) groups is 1. The number of piperidine rings is 1. The van der Waals surface area contributed by atoms with Crippen LogP contribution in [-0.2, 0) is 0 Å². The first-order chi connectivity index (χ1) is 12.1. The lowest BCUT2D eigenvalue weighted by Gasteiger charge is -2.31. The predicted octanol–water partition coefficient (Wildman–Crippen LogP) is 2.11. The number of amides is 2. The molecule has 2 heterocycles. The van der Waals surface area contributed by atoms with Crippen molar-refractivity contribution in [2.24, 2.45) is 16.6 Å². The third-order valence-electron chi connectivity index (χ3n) is 5.05. The largest absolute Gasteiger partial charge is 0.370 e. The first-order valence-electron chi connectivity index (χ1n) is 9.08. The molecule has 3 rings (SSSR count). The van der Waals surface area contributed by atoms with Crippen molar-refractivity contribution in [1.29, 1.82) is 0 Å². The van der Waals surface area contributed by atoms with Gasteiger partial charge in [0.2, 0.25) is 0 Å². The Bertz CT molecular complexity index is 643. The number of unbranched alkanes of at least 4 members (excludes halogenated alkanes) is 1. The molecule has 6 heteroatoms. The summed E-state index contributed by atoms with van der Waals surface area (Å²) in [6.07, 6.45) is 3.86. The number of benzene rings is 1. The van der Waals surface area contributed by atoms with Crippen molar-refractivity contribution in [2.45, 2.75) is 32.6 Å². The average Bonchev–Trinajstić information content (AvgIpc) is 2.87. The number of hydrogen-bond acceptors (Lipinski definition) is 3. The van der Waals surface area contributed by atoms with Crippen LogP contribution in [0.15, 0.2) is 29.3 Å². The molecule has 0 aliphatic carbocycles. The lowest BCUT2D eigenvalue weighted by atomic mass is 10.00. The molecule has 2 N–H and O–H groups in total. The molecule has 6 nitrogen and oxygen atoms in total. The van der Waals surface area contributed by atoms with Crippen LogP contribution in [0, 0.1) is 5.92 Å². The van der Waals surface area contributed by atoms with Crippen LogP contribution in [0.3, 0.4) is 0 Å². The fraction of sp³-hybridized carbons (Fsp3) is 0.526. The topological polar surface area (TPSA) is 79.0 Å². The Labute approximate surface area is 148 Å². The standard InChI is InChI=1S/C19H26N4O2/c1-14-8-12-22(13-9-14)19(20)21-10-4-5-11-23-17(24)15-6-2-3-7-16(15)18(23)25/h2-3,6-7,14H,4-5,8-13H2,1H3,(H2,20,21). The summed E-state index contributed by atoms with van der Waals surface area (Å²) in [7, 11) is 0. The molecule has 0 spiro atoms. The molecular formula is C19H26N4O2. The molecular weight excluding hydrogens is 316 g/mol. The number of fused-ring (bicyclic) bond motifs is 1. The highest BCUT2D eigenvalue weighted by Crippen LogP contribution is 2.22. The smallest absolute Gasteiger partial charge is 0.261 e. The summed E-state index contributed by atoms with van der Waals surface area (Å²) in [5.74, 6) is 1.01. The molecule has 0 unspecified atom stereocenters. The van der Waals surface area contributed by atoms with Crippen molar-refractivity contribution in [3.05, 3.63) is 35.4 Å². The highest BCUT2D eigenvalue weighted by atomic mass is 16.2. The van der Waals surface area contributed by atoms with E-state index in [0.717, 1.165) is 44.7 Å². The third-order valence-corrected chi connectivity index (χ3v) is 5.05. The van der Waals surface area contributed by atoms with Crippen molar-refractivity contribution < 1.29 is 9.59 Å². The van der Waals surface area contributed by atoms with E-state index in [4.69, 9.17) is 5.73 Å². The predicted molar refractivity (Wildman–Crippen MR) is 97.5 cm³/mol. The number of nitrogens with zero attached hydrogens (tertiary/aromatic N) is 3. The molecule has 0 radical (unpaired) electrons. The van der Waals surface area contributed by atoms with Crippen LogP contribution in [0.4, 0.5) is 0 Å². The fourth-order valence-corrected chi connectivity index (χ4v) is 3.36. The van der Waals surface area contributed by atoms with Gasteiger partial charge in [-0.25, -0.2) is 0 Å². The summed E-state index contributed by atoms with van der Waals surface area (Å²) < 4.78 is 0. The van der Waals surface area contributed by atoms with Gasteiger partial charge < -0.3 is 10.6 Å². The summed E-state index contributed by atoms with van der Waals surface area (Å²) >= 11 is 0. The van der Waals surface area contributed by atoms with Crippen molar-refractivity contribution >= 4 is 17.8 Å². The van der Waals surface area contributed by atoms with E-state index >= 15 is 0 Å². The molecule has 0 atom stereocenters. The first-order valence-corrected chi connectivity index (χ1v) is 9.08. The molecule has 2 aliphatic heterocycles. The summed E-state index contributed by atoms with van der Waals surface area (Å²) in [5.41, 5.74) is 7.07. The van der Waals surface area contributed by atoms with Gasteiger partial charge in [0, 0.05) is 26.2 Å². The number of imide groups is 1. The van der Waals surface area contributed by atoms with E-state index in [1.807, 2.05) is 0 Å². The molecule has 2 amide bonds. The summed E-state index contributed by atoms with van der Waals surface area (Å²) in [6.45, 7) is 5.28. The number of carbonyl (C=O) groups is 2. The zero-order valence-electron chi connectivity index (χ0n) is 14.8. The quantitative estimate of drug-likeness (QED) is 0.385. The summed E-state index contributed by atoms with van der Waals surface area (Å²) in [6, 6.07) is 6.98. The second-order valence-corrected chi connectivity index (χ2v) is 6.92. The number of carbonyl (C=O) groups excluding carboxylic acids is 2. The third kappa shape index (κ3) is 3.83. The molecule has 1 aromatic rings. The van der Waals surface area contributed by atoms with Crippen LogP contribution in [-0.4, -0.2) is 53.8 Å². The molecule has 0 aromatic heterocycles. The van der Waals surface area contributed by atoms with E-state index in [1.54, 1.807) is 24.3 Å². The van der Waals surface area contributed by atoms with Crippen LogP contribution >= 0.6 is 0 Å². The molecule has 134 valence electrons. The van der Waals surface area contributed by atoms with Gasteiger partial charge in [-0.2, -0.15) is 0 Å². The van der Waals surface area contributed by atoms with Gasteiger partial charge in [-0.05, 0) is 43.7 Å². The monoisotopic (exact) mass is 342 g/mol. The van der Waals surface area contributed by atoms with E-state index < -0.39 is 0 Å². The van der Waals surface area contributed by atoms with Gasteiger partial charge >= 0.3 is 0 Å². The molecule has 0 saturated carbocycles. The van der Waals surface area contributed by atoms with Gasteiger partial charge in [0.25, 0.3) is 11.8 Å². The Hall–Kier alpha value is -2.37. The number of guanidine groups is 1. The molecule has 1 fully saturated rings. The maximum absolute atomic E-state index is 12.3. The van der Waals surface area contributed by atoms with Crippen molar-refractivity contribution in [3.8, 4) is 0 Å². The van der Waals surface area contributed by atoms with E-state index in [-0.39, 0.29) is 11.8 Å². The van der Waals surface area contributed by atoms with Gasteiger partial charge in [-0.3, -0.25) is 19.5 Å². The molecule has 25 heavy (non-hydrogen) atoms. The van der Waals surface area contributed by atoms with Crippen molar-refractivity contribution in [2.75, 3.05) is 26.2 Å². The maximum atomic E-state index is 12.3. The number of likely N-dealkylation sites (tertiary alicyclic amines) is 1. The second-order valence-electron chi connectivity index (χ2n) is 6.92. The lowest BCUT2D eigenvalue weighted by Crippen LogP contribution is -2.42. The Morgan fingerprint density at radius 1 is 1.12 bits per heavy atom. The minimum atomic E-state index is -0.189. The van der Waals surface area contributed by atoms with Crippen LogP contribution in [0.1, 0.15) is 53.3 Å². The average molecular weight is 342 g/mol. The van der Waals surface area contributed by atoms with Gasteiger partial charge in [-0.1, -0.05) is 19.1 Å². The summed E-state index contributed by atoms with van der Waals surface area (Å²) in [4.78, 5) is 32.5. The van der Waals surface area contributed by atoms with Crippen LogP contribution in [0.5, 0.6) is 0 Å². The Kier molecular flexibility index (Phi) is 5.36. The minimum absolute atomic E-state index is 0.189. The number of rotatable bonds is 5. The van der Waals surface area contributed by atoms with Gasteiger partial charge in [0.05, 0.1) is 11.1 Å². The molecule has 2 aliphatic rings. The zero-order valence-corrected chi connectivity index (χ0v) is 14.8. The van der Waals surface area contributed by atoms with Crippen LogP contribution in [0.25, 0.3) is 0 Å². The van der Waals surface area contributed by atoms with Gasteiger partial charge in [-0.15, -0.1) is 0 Å². The highest BCUT2D eigenvalue weighted by molar-refractivity contribution is 6.21. The first kappa shape index (κ1) is 17.5. The molecule has 1 aromatic carbocycles. The summed E-state index contributed by atoms with van der Waals surface area (Å²) in [5, 5.41) is 0. The normalized spacial score (nSPS) is 18.8. The van der Waals surface area contributed by atoms with E-state index in [9.17, 15) is 9.59 Å². The van der Waals surface area contributed by atoms with Gasteiger partial charge in [0.15, 0.2) is 5.96 Å². The minimum Gasteiger partial charge on any atom is -0.370 e. The Balaban J connectivity index is 1.43. The fourth-order valence-electron chi connectivity index (χ4n) is 3.36. The highest BCUT2D eigenvalue weighted by Gasteiger charge is 2.34. The molecule has 0 bridgehead atoms. The SMILES string of the molecule is CC1CCN(C(N)=NCCCCN2C(=O)c3ccccc3C2=O)CC1. The zero-order chi connectivity index (χ0) is 17.8. The lowest BCUT2D eigenvalue weighted by molar-refractivity contribution is 0.0652. The number of nitrogens with two attached hydrogens (primary N) is 1. The number of hydrogen-bond donors (Lipinski definition) is 1. The Morgan fingerprint density at radius 3 is 2.32 bits per heavy atom. The maximum Gasteiger partial charge on any atom is 0.261 e. The van der Waals surface area contributed by atoms with E-state index in [2.05, 4.69) is 16.8 Å². The van der Waals surface area contributed by atoms with Crippen LogP contribution in [0.2, 0.25) is 0 Å². The van der Waals surface area contributed by atoms with Gasteiger partial charge in [0.1, 0.15) is 0 Å². The Morgan fingerprint density at radius 2 is 1.72 bits per heavy atom. The van der Waals surface area contributed by atoms with Crippen molar-refractivity contribution in [3.63, 3.8) is 0 Å². The van der Waals surface area contributed by atoms with Crippen molar-refractivity contribution in [1.82, 2.24) is 9.80 Å². The van der Waals surface area contributed by atoms with E-state index in [1.165, 1.54) is 4.90 Å².